The number of rotatable bonds is 4. The Bertz CT molecular complexity index is 410. The normalized spacial score (nSPS) is 15.6. The lowest BCUT2D eigenvalue weighted by atomic mass is 10.1. The summed E-state index contributed by atoms with van der Waals surface area (Å²) < 4.78 is 0. The SMILES string of the molecule is CC(C)CC(=O)Nc1ccc(N2CCNCC2)cn1. The van der Waals surface area contributed by atoms with Gasteiger partial charge in [0.15, 0.2) is 0 Å². The van der Waals surface area contributed by atoms with Gasteiger partial charge in [0.1, 0.15) is 5.82 Å². The average Bonchev–Trinajstić information content (AvgIpc) is 2.39. The van der Waals surface area contributed by atoms with Crippen LogP contribution in [-0.4, -0.2) is 37.1 Å². The minimum absolute atomic E-state index is 0.0254. The Kier molecular flexibility index (Phi) is 4.74. The summed E-state index contributed by atoms with van der Waals surface area (Å²) in [5, 5.41) is 6.14. The lowest BCUT2D eigenvalue weighted by molar-refractivity contribution is -0.116. The predicted octanol–water partition coefficient (Wildman–Crippen LogP) is 1.48. The summed E-state index contributed by atoms with van der Waals surface area (Å²) in [6.45, 7) is 8.07. The monoisotopic (exact) mass is 262 g/mol. The fourth-order valence-corrected chi connectivity index (χ4v) is 2.13. The molecule has 19 heavy (non-hydrogen) atoms. The Morgan fingerprint density at radius 1 is 1.42 bits per heavy atom. The quantitative estimate of drug-likeness (QED) is 0.863. The molecule has 1 saturated heterocycles. The van der Waals surface area contributed by atoms with Crippen LogP contribution in [0.2, 0.25) is 0 Å². The highest BCUT2D eigenvalue weighted by Gasteiger charge is 2.11. The van der Waals surface area contributed by atoms with Crippen LogP contribution in [0.15, 0.2) is 18.3 Å². The number of aromatic nitrogens is 1. The van der Waals surface area contributed by atoms with Crippen molar-refractivity contribution in [2.75, 3.05) is 36.4 Å². The van der Waals surface area contributed by atoms with E-state index >= 15 is 0 Å². The molecule has 1 aromatic heterocycles. The zero-order chi connectivity index (χ0) is 13.7. The summed E-state index contributed by atoms with van der Waals surface area (Å²) in [6, 6.07) is 3.89. The average molecular weight is 262 g/mol. The van der Waals surface area contributed by atoms with Gasteiger partial charge in [0.05, 0.1) is 11.9 Å². The molecule has 1 fully saturated rings. The zero-order valence-electron chi connectivity index (χ0n) is 11.6. The van der Waals surface area contributed by atoms with Crippen LogP contribution in [0.5, 0.6) is 0 Å². The van der Waals surface area contributed by atoms with Gasteiger partial charge in [0, 0.05) is 32.6 Å². The molecule has 2 rings (SSSR count). The number of piperazine rings is 1. The second kappa shape index (κ2) is 6.52. The van der Waals surface area contributed by atoms with Gasteiger partial charge >= 0.3 is 0 Å². The second-order valence-electron chi connectivity index (χ2n) is 5.28. The number of amides is 1. The van der Waals surface area contributed by atoms with Gasteiger partial charge in [-0.2, -0.15) is 0 Å². The van der Waals surface area contributed by atoms with Crippen molar-refractivity contribution < 1.29 is 4.79 Å². The Labute approximate surface area is 114 Å². The van der Waals surface area contributed by atoms with Gasteiger partial charge in [-0.25, -0.2) is 4.98 Å². The smallest absolute Gasteiger partial charge is 0.225 e. The van der Waals surface area contributed by atoms with Gasteiger partial charge in [-0.15, -0.1) is 0 Å². The van der Waals surface area contributed by atoms with Crippen molar-refractivity contribution in [1.29, 1.82) is 0 Å². The van der Waals surface area contributed by atoms with Gasteiger partial charge in [0.2, 0.25) is 5.91 Å². The van der Waals surface area contributed by atoms with Gasteiger partial charge < -0.3 is 15.5 Å². The third kappa shape index (κ3) is 4.21. The van der Waals surface area contributed by atoms with E-state index in [1.807, 2.05) is 32.2 Å². The molecule has 1 aliphatic heterocycles. The molecule has 1 aliphatic rings. The molecule has 0 atom stereocenters. The number of anilines is 2. The molecule has 2 heterocycles. The van der Waals surface area contributed by atoms with E-state index in [2.05, 4.69) is 20.5 Å². The number of carbonyl (C=O) groups is 1. The molecule has 5 nitrogen and oxygen atoms in total. The minimum Gasteiger partial charge on any atom is -0.368 e. The van der Waals surface area contributed by atoms with Crippen LogP contribution in [0, 0.1) is 5.92 Å². The number of nitrogens with one attached hydrogen (secondary N) is 2. The van der Waals surface area contributed by atoms with Crippen molar-refractivity contribution in [2.24, 2.45) is 5.92 Å². The van der Waals surface area contributed by atoms with Crippen molar-refractivity contribution >= 4 is 17.4 Å². The lowest BCUT2D eigenvalue weighted by Crippen LogP contribution is -2.43. The number of nitrogens with zero attached hydrogens (tertiary/aromatic N) is 2. The third-order valence-electron chi connectivity index (χ3n) is 3.09. The molecule has 0 saturated carbocycles. The van der Waals surface area contributed by atoms with Crippen molar-refractivity contribution in [3.05, 3.63) is 18.3 Å². The van der Waals surface area contributed by atoms with Crippen LogP contribution < -0.4 is 15.5 Å². The van der Waals surface area contributed by atoms with Crippen molar-refractivity contribution in [1.82, 2.24) is 10.3 Å². The van der Waals surface area contributed by atoms with Crippen molar-refractivity contribution in [3.8, 4) is 0 Å². The maximum absolute atomic E-state index is 11.6. The molecule has 0 aromatic carbocycles. The van der Waals surface area contributed by atoms with Crippen LogP contribution in [0.25, 0.3) is 0 Å². The maximum atomic E-state index is 11.6. The van der Waals surface area contributed by atoms with Crippen LogP contribution in [0.3, 0.4) is 0 Å². The Hall–Kier alpha value is -1.62. The fourth-order valence-electron chi connectivity index (χ4n) is 2.13. The first-order chi connectivity index (χ1) is 9.15. The summed E-state index contributed by atoms with van der Waals surface area (Å²) in [7, 11) is 0. The van der Waals surface area contributed by atoms with Gasteiger partial charge in [-0.05, 0) is 18.1 Å². The Morgan fingerprint density at radius 2 is 2.16 bits per heavy atom. The van der Waals surface area contributed by atoms with E-state index in [0.717, 1.165) is 31.9 Å². The Balaban J connectivity index is 1.92. The molecule has 0 aliphatic carbocycles. The third-order valence-corrected chi connectivity index (χ3v) is 3.09. The first-order valence-corrected chi connectivity index (χ1v) is 6.86. The molecule has 104 valence electrons. The van der Waals surface area contributed by atoms with Gasteiger partial charge in [-0.3, -0.25) is 4.79 Å². The molecular formula is C14H22N4O. The van der Waals surface area contributed by atoms with Crippen molar-refractivity contribution in [2.45, 2.75) is 20.3 Å². The minimum atomic E-state index is 0.0254. The molecule has 0 bridgehead atoms. The Morgan fingerprint density at radius 3 is 2.74 bits per heavy atom. The van der Waals surface area contributed by atoms with E-state index in [1.54, 1.807) is 0 Å². The summed E-state index contributed by atoms with van der Waals surface area (Å²) in [6.07, 6.45) is 2.36. The van der Waals surface area contributed by atoms with Gasteiger partial charge in [-0.1, -0.05) is 13.8 Å². The maximum Gasteiger partial charge on any atom is 0.225 e. The summed E-state index contributed by atoms with van der Waals surface area (Å²) in [5.41, 5.74) is 1.11. The van der Waals surface area contributed by atoms with E-state index < -0.39 is 0 Å². The molecule has 2 N–H and O–H groups in total. The van der Waals surface area contributed by atoms with Crippen molar-refractivity contribution in [3.63, 3.8) is 0 Å². The number of hydrogen-bond acceptors (Lipinski definition) is 4. The fraction of sp³-hybridized carbons (Fsp3) is 0.571. The predicted molar refractivity (Wildman–Crippen MR) is 77.4 cm³/mol. The standard InChI is InChI=1S/C14H22N4O/c1-11(2)9-14(19)17-13-4-3-12(10-16-13)18-7-5-15-6-8-18/h3-4,10-11,15H,5-9H2,1-2H3,(H,16,17,19). The van der Waals surface area contributed by atoms with Crippen LogP contribution in [0.4, 0.5) is 11.5 Å². The molecule has 1 aromatic rings. The zero-order valence-corrected chi connectivity index (χ0v) is 11.6. The second-order valence-corrected chi connectivity index (χ2v) is 5.28. The molecular weight excluding hydrogens is 240 g/mol. The molecule has 1 amide bonds. The van der Waals surface area contributed by atoms with E-state index in [-0.39, 0.29) is 5.91 Å². The summed E-state index contributed by atoms with van der Waals surface area (Å²) in [4.78, 5) is 18.2. The topological polar surface area (TPSA) is 57.3 Å². The summed E-state index contributed by atoms with van der Waals surface area (Å²) in [5.74, 6) is 1.02. The summed E-state index contributed by atoms with van der Waals surface area (Å²) >= 11 is 0. The van der Waals surface area contributed by atoms with E-state index in [4.69, 9.17) is 0 Å². The molecule has 0 radical (unpaired) electrons. The largest absolute Gasteiger partial charge is 0.368 e. The number of pyridine rings is 1. The molecule has 5 heteroatoms. The van der Waals surface area contributed by atoms with E-state index in [0.29, 0.717) is 18.2 Å². The van der Waals surface area contributed by atoms with Gasteiger partial charge in [0.25, 0.3) is 0 Å². The lowest BCUT2D eigenvalue weighted by Gasteiger charge is -2.29. The highest BCUT2D eigenvalue weighted by molar-refractivity contribution is 5.89. The van der Waals surface area contributed by atoms with E-state index in [9.17, 15) is 4.79 Å². The highest BCUT2D eigenvalue weighted by Crippen LogP contribution is 2.16. The first-order valence-electron chi connectivity index (χ1n) is 6.86. The highest BCUT2D eigenvalue weighted by atomic mass is 16.1. The first kappa shape index (κ1) is 13.8. The van der Waals surface area contributed by atoms with Crippen LogP contribution in [-0.2, 0) is 4.79 Å². The molecule has 0 unspecified atom stereocenters. The number of carbonyl (C=O) groups excluding carboxylic acids is 1. The van der Waals surface area contributed by atoms with Crippen LogP contribution in [0.1, 0.15) is 20.3 Å². The van der Waals surface area contributed by atoms with Crippen LogP contribution >= 0.6 is 0 Å². The molecule has 0 spiro atoms. The van der Waals surface area contributed by atoms with E-state index in [1.165, 1.54) is 0 Å². The number of hydrogen-bond donors (Lipinski definition) is 2.